The van der Waals surface area contributed by atoms with E-state index in [4.69, 9.17) is 5.73 Å². The Bertz CT molecular complexity index is 347. The summed E-state index contributed by atoms with van der Waals surface area (Å²) in [5.41, 5.74) is 6.78. The summed E-state index contributed by atoms with van der Waals surface area (Å²) in [6.07, 6.45) is 0.670. The van der Waals surface area contributed by atoms with Crippen LogP contribution >= 0.6 is 15.9 Å². The summed E-state index contributed by atoms with van der Waals surface area (Å²) in [6.45, 7) is 6.15. The molecule has 0 saturated carbocycles. The molecule has 0 spiro atoms. The molecular formula is C12H17BrFN. The van der Waals surface area contributed by atoms with Gasteiger partial charge in [0.2, 0.25) is 0 Å². The van der Waals surface area contributed by atoms with Crippen LogP contribution in [-0.4, -0.2) is 5.54 Å². The average Bonchev–Trinajstić information content (AvgIpc) is 2.10. The van der Waals surface area contributed by atoms with E-state index in [1.165, 1.54) is 12.1 Å². The van der Waals surface area contributed by atoms with Gasteiger partial charge in [-0.25, -0.2) is 4.39 Å². The maximum Gasteiger partial charge on any atom is 0.123 e. The Kier molecular flexibility index (Phi) is 3.90. The van der Waals surface area contributed by atoms with Gasteiger partial charge in [-0.1, -0.05) is 29.8 Å². The number of hydrogen-bond acceptors (Lipinski definition) is 1. The lowest BCUT2D eigenvalue weighted by Gasteiger charge is -2.29. The van der Waals surface area contributed by atoms with Gasteiger partial charge < -0.3 is 5.73 Å². The lowest BCUT2D eigenvalue weighted by Crippen LogP contribution is -2.43. The fraction of sp³-hybridized carbons (Fsp3) is 0.500. The summed E-state index contributed by atoms with van der Waals surface area (Å²) in [7, 11) is 0. The molecule has 84 valence electrons. The molecule has 15 heavy (non-hydrogen) atoms. The van der Waals surface area contributed by atoms with Crippen molar-refractivity contribution < 1.29 is 4.39 Å². The minimum atomic E-state index is -0.309. The summed E-state index contributed by atoms with van der Waals surface area (Å²) in [5, 5.41) is 0. The minimum absolute atomic E-state index is 0.215. The lowest BCUT2D eigenvalue weighted by molar-refractivity contribution is 0.337. The first-order valence-electron chi connectivity index (χ1n) is 5.06. The maximum atomic E-state index is 13.1. The standard InChI is InChI=1S/C12H17BrFN/c1-8(2)12(3,15)7-9-6-10(14)4-5-11(9)13/h4-6,8H,7,15H2,1-3H3. The van der Waals surface area contributed by atoms with Crippen LogP contribution in [0.4, 0.5) is 4.39 Å². The molecule has 0 heterocycles. The zero-order chi connectivity index (χ0) is 11.6. The summed E-state index contributed by atoms with van der Waals surface area (Å²) in [4.78, 5) is 0. The highest BCUT2D eigenvalue weighted by molar-refractivity contribution is 9.10. The van der Waals surface area contributed by atoms with Gasteiger partial charge in [-0.05, 0) is 43.0 Å². The molecule has 1 nitrogen and oxygen atoms in total. The topological polar surface area (TPSA) is 26.0 Å². The van der Waals surface area contributed by atoms with Gasteiger partial charge in [0.05, 0.1) is 0 Å². The van der Waals surface area contributed by atoms with Crippen molar-refractivity contribution in [1.29, 1.82) is 0 Å². The van der Waals surface area contributed by atoms with Crippen molar-refractivity contribution in [3.05, 3.63) is 34.1 Å². The van der Waals surface area contributed by atoms with E-state index in [0.717, 1.165) is 10.0 Å². The largest absolute Gasteiger partial charge is 0.325 e. The summed E-state index contributed by atoms with van der Waals surface area (Å²) >= 11 is 3.41. The Morgan fingerprint density at radius 1 is 1.47 bits per heavy atom. The van der Waals surface area contributed by atoms with E-state index in [-0.39, 0.29) is 11.4 Å². The molecule has 3 heteroatoms. The fourth-order valence-electron chi connectivity index (χ4n) is 1.29. The highest BCUT2D eigenvalue weighted by Gasteiger charge is 2.24. The van der Waals surface area contributed by atoms with Gasteiger partial charge in [-0.2, -0.15) is 0 Å². The second-order valence-corrected chi connectivity index (χ2v) is 5.43. The Morgan fingerprint density at radius 3 is 2.60 bits per heavy atom. The highest BCUT2D eigenvalue weighted by Crippen LogP contribution is 2.25. The summed E-state index contributed by atoms with van der Waals surface area (Å²) < 4.78 is 14.0. The number of hydrogen-bond donors (Lipinski definition) is 1. The van der Waals surface area contributed by atoms with E-state index >= 15 is 0 Å². The molecule has 0 bridgehead atoms. The Balaban J connectivity index is 2.94. The number of benzene rings is 1. The predicted octanol–water partition coefficient (Wildman–Crippen LogP) is 3.50. The number of halogens is 2. The van der Waals surface area contributed by atoms with Gasteiger partial charge in [-0.3, -0.25) is 0 Å². The van der Waals surface area contributed by atoms with E-state index < -0.39 is 0 Å². The van der Waals surface area contributed by atoms with E-state index in [1.54, 1.807) is 6.07 Å². The first-order valence-corrected chi connectivity index (χ1v) is 5.85. The third kappa shape index (κ3) is 3.28. The zero-order valence-electron chi connectivity index (χ0n) is 9.35. The molecule has 0 fully saturated rings. The van der Waals surface area contributed by atoms with Gasteiger partial charge >= 0.3 is 0 Å². The maximum absolute atomic E-state index is 13.1. The van der Waals surface area contributed by atoms with Crippen LogP contribution in [0.3, 0.4) is 0 Å². The van der Waals surface area contributed by atoms with Crippen LogP contribution in [0, 0.1) is 11.7 Å². The van der Waals surface area contributed by atoms with Gasteiger partial charge in [0.15, 0.2) is 0 Å². The minimum Gasteiger partial charge on any atom is -0.325 e. The van der Waals surface area contributed by atoms with Gasteiger partial charge in [0.1, 0.15) is 5.82 Å². The van der Waals surface area contributed by atoms with Crippen molar-refractivity contribution in [2.24, 2.45) is 11.7 Å². The SMILES string of the molecule is CC(C)C(C)(N)Cc1cc(F)ccc1Br. The van der Waals surface area contributed by atoms with Crippen LogP contribution in [-0.2, 0) is 6.42 Å². The number of rotatable bonds is 3. The van der Waals surface area contributed by atoms with E-state index in [2.05, 4.69) is 29.8 Å². The molecule has 0 aliphatic heterocycles. The van der Waals surface area contributed by atoms with Crippen molar-refractivity contribution in [3.63, 3.8) is 0 Å². The predicted molar refractivity (Wildman–Crippen MR) is 65.2 cm³/mol. The first kappa shape index (κ1) is 12.7. The lowest BCUT2D eigenvalue weighted by atomic mass is 9.84. The smallest absolute Gasteiger partial charge is 0.123 e. The third-order valence-corrected chi connectivity index (χ3v) is 3.67. The van der Waals surface area contributed by atoms with Crippen LogP contribution in [0.5, 0.6) is 0 Å². The van der Waals surface area contributed by atoms with Crippen molar-refractivity contribution in [3.8, 4) is 0 Å². The monoisotopic (exact) mass is 273 g/mol. The molecule has 1 unspecified atom stereocenters. The Hall–Kier alpha value is -0.410. The van der Waals surface area contributed by atoms with Crippen molar-refractivity contribution in [2.75, 3.05) is 0 Å². The average molecular weight is 274 g/mol. The molecule has 1 aromatic carbocycles. The molecule has 2 N–H and O–H groups in total. The fourth-order valence-corrected chi connectivity index (χ4v) is 1.68. The molecule has 0 saturated heterocycles. The zero-order valence-corrected chi connectivity index (χ0v) is 10.9. The van der Waals surface area contributed by atoms with E-state index in [9.17, 15) is 4.39 Å². The molecule has 0 radical (unpaired) electrons. The van der Waals surface area contributed by atoms with Crippen LogP contribution in [0.25, 0.3) is 0 Å². The molecule has 0 aromatic heterocycles. The molecule has 1 aromatic rings. The van der Waals surface area contributed by atoms with E-state index in [0.29, 0.717) is 12.3 Å². The van der Waals surface area contributed by atoms with Crippen molar-refractivity contribution >= 4 is 15.9 Å². The second-order valence-electron chi connectivity index (χ2n) is 4.57. The quantitative estimate of drug-likeness (QED) is 0.896. The van der Waals surface area contributed by atoms with Gasteiger partial charge in [0.25, 0.3) is 0 Å². The molecule has 0 aliphatic rings. The molecule has 0 aliphatic carbocycles. The van der Waals surface area contributed by atoms with Crippen molar-refractivity contribution in [2.45, 2.75) is 32.7 Å². The Morgan fingerprint density at radius 2 is 2.07 bits per heavy atom. The highest BCUT2D eigenvalue weighted by atomic mass is 79.9. The normalized spacial score (nSPS) is 15.4. The molecular weight excluding hydrogens is 257 g/mol. The molecule has 0 amide bonds. The third-order valence-electron chi connectivity index (χ3n) is 2.90. The molecule has 1 atom stereocenters. The molecule has 1 rings (SSSR count). The van der Waals surface area contributed by atoms with Gasteiger partial charge in [-0.15, -0.1) is 0 Å². The second kappa shape index (κ2) is 4.62. The van der Waals surface area contributed by atoms with Crippen LogP contribution in [0.1, 0.15) is 26.3 Å². The van der Waals surface area contributed by atoms with Gasteiger partial charge in [0, 0.05) is 10.0 Å². The summed E-state index contributed by atoms with van der Waals surface area (Å²) in [6, 6.07) is 4.70. The van der Waals surface area contributed by atoms with E-state index in [1.807, 2.05) is 6.92 Å². The van der Waals surface area contributed by atoms with Crippen LogP contribution in [0.15, 0.2) is 22.7 Å². The Labute approximate surface area is 99.0 Å². The van der Waals surface area contributed by atoms with Crippen LogP contribution in [0.2, 0.25) is 0 Å². The number of nitrogens with two attached hydrogens (primary N) is 1. The van der Waals surface area contributed by atoms with Crippen molar-refractivity contribution in [1.82, 2.24) is 0 Å². The summed E-state index contributed by atoms with van der Waals surface area (Å²) in [5.74, 6) is 0.139. The van der Waals surface area contributed by atoms with Crippen LogP contribution < -0.4 is 5.73 Å². The first-order chi connectivity index (χ1) is 6.83.